The zero-order chi connectivity index (χ0) is 18.5. The van der Waals surface area contributed by atoms with E-state index in [0.29, 0.717) is 24.4 Å². The van der Waals surface area contributed by atoms with E-state index in [1.54, 1.807) is 7.11 Å². The van der Waals surface area contributed by atoms with Gasteiger partial charge in [0.15, 0.2) is 0 Å². The Morgan fingerprint density at radius 1 is 1.27 bits per heavy atom. The van der Waals surface area contributed by atoms with Crippen molar-refractivity contribution in [3.8, 4) is 5.75 Å². The van der Waals surface area contributed by atoms with E-state index in [-0.39, 0.29) is 17.9 Å². The molecule has 1 fully saturated rings. The number of nitrogens with zero attached hydrogens (tertiary/aromatic N) is 1. The van der Waals surface area contributed by atoms with Crippen LogP contribution in [0.2, 0.25) is 0 Å². The van der Waals surface area contributed by atoms with Crippen molar-refractivity contribution in [2.24, 2.45) is 0 Å². The van der Waals surface area contributed by atoms with Crippen LogP contribution < -0.4 is 10.1 Å². The second-order valence-electron chi connectivity index (χ2n) is 6.21. The van der Waals surface area contributed by atoms with Gasteiger partial charge in [0.1, 0.15) is 10.6 Å². The van der Waals surface area contributed by atoms with Gasteiger partial charge in [0.25, 0.3) is 5.91 Å². The van der Waals surface area contributed by atoms with Gasteiger partial charge in [-0.3, -0.25) is 9.59 Å². The largest absolute Gasteiger partial charge is 0.496 e. The van der Waals surface area contributed by atoms with Crippen molar-refractivity contribution in [1.82, 2.24) is 10.2 Å². The highest BCUT2D eigenvalue weighted by Crippen LogP contribution is 2.23. The lowest BCUT2D eigenvalue weighted by atomic mass is 10.0. The highest BCUT2D eigenvalue weighted by Gasteiger charge is 2.25. The second-order valence-corrected chi connectivity index (χ2v) is 7.99. The fraction of sp³-hybridized carbons (Fsp3) is 0.368. The van der Waals surface area contributed by atoms with Crippen molar-refractivity contribution in [2.75, 3.05) is 20.2 Å². The van der Waals surface area contributed by atoms with E-state index in [0.717, 1.165) is 28.6 Å². The van der Waals surface area contributed by atoms with Crippen LogP contribution in [-0.2, 0) is 11.2 Å². The third-order valence-electron chi connectivity index (χ3n) is 4.54. The van der Waals surface area contributed by atoms with Crippen LogP contribution in [0.15, 0.2) is 40.2 Å². The Labute approximate surface area is 165 Å². The van der Waals surface area contributed by atoms with E-state index < -0.39 is 0 Å². The summed E-state index contributed by atoms with van der Waals surface area (Å²) >= 11 is 4.81. The number of methoxy groups -OCH3 is 1. The van der Waals surface area contributed by atoms with Gasteiger partial charge >= 0.3 is 0 Å². The summed E-state index contributed by atoms with van der Waals surface area (Å²) in [7, 11) is 1.61. The van der Waals surface area contributed by atoms with Crippen LogP contribution in [0.5, 0.6) is 5.75 Å². The molecule has 2 amide bonds. The molecule has 2 aromatic rings. The number of halogens is 1. The Hall–Kier alpha value is -1.86. The molecule has 5 nitrogen and oxygen atoms in total. The van der Waals surface area contributed by atoms with Crippen LogP contribution in [0.1, 0.15) is 28.1 Å². The fourth-order valence-electron chi connectivity index (χ4n) is 3.10. The molecule has 0 saturated carbocycles. The predicted molar refractivity (Wildman–Crippen MR) is 106 cm³/mol. The summed E-state index contributed by atoms with van der Waals surface area (Å²) in [5.41, 5.74) is 0.901. The lowest BCUT2D eigenvalue weighted by Crippen LogP contribution is -2.46. The number of amides is 2. The minimum absolute atomic E-state index is 0.0503. The summed E-state index contributed by atoms with van der Waals surface area (Å²) in [4.78, 5) is 27.4. The van der Waals surface area contributed by atoms with Crippen LogP contribution in [-0.4, -0.2) is 43.0 Å². The molecule has 1 saturated heterocycles. The smallest absolute Gasteiger partial charge is 0.262 e. The number of likely N-dealkylation sites (tertiary alicyclic amines) is 1. The van der Waals surface area contributed by atoms with E-state index in [4.69, 9.17) is 4.74 Å². The minimum Gasteiger partial charge on any atom is -0.496 e. The van der Waals surface area contributed by atoms with Crippen molar-refractivity contribution in [1.29, 1.82) is 0 Å². The number of rotatable bonds is 5. The van der Waals surface area contributed by atoms with Crippen molar-refractivity contribution >= 4 is 39.1 Å². The summed E-state index contributed by atoms with van der Waals surface area (Å²) in [6.45, 7) is 1.31. The van der Waals surface area contributed by atoms with Gasteiger partial charge in [-0.25, -0.2) is 0 Å². The van der Waals surface area contributed by atoms with E-state index in [9.17, 15) is 9.59 Å². The zero-order valence-electron chi connectivity index (χ0n) is 14.5. The number of carbonyl (C=O) groups is 2. The van der Waals surface area contributed by atoms with E-state index in [2.05, 4.69) is 21.2 Å². The van der Waals surface area contributed by atoms with Crippen molar-refractivity contribution in [3.63, 3.8) is 0 Å². The summed E-state index contributed by atoms with van der Waals surface area (Å²) < 4.78 is 6.14. The summed E-state index contributed by atoms with van der Waals surface area (Å²) in [6.07, 6.45) is 1.88. The first-order chi connectivity index (χ1) is 12.6. The number of ether oxygens (including phenoxy) is 1. The van der Waals surface area contributed by atoms with Gasteiger partial charge in [0.2, 0.25) is 5.91 Å². The zero-order valence-corrected chi connectivity index (χ0v) is 16.9. The lowest BCUT2D eigenvalue weighted by Gasteiger charge is -2.32. The SMILES string of the molecule is COc1ccccc1CC(=O)N1CCC(NC(=O)c2sccc2Br)CC1. The van der Waals surface area contributed by atoms with Gasteiger partial charge in [-0.1, -0.05) is 18.2 Å². The number of hydrogen-bond acceptors (Lipinski definition) is 4. The number of benzene rings is 1. The molecule has 2 heterocycles. The molecule has 0 spiro atoms. The molecule has 7 heteroatoms. The molecular formula is C19H21BrN2O3S. The highest BCUT2D eigenvalue weighted by atomic mass is 79.9. The molecule has 0 atom stereocenters. The molecule has 1 aliphatic heterocycles. The number of nitrogens with one attached hydrogen (secondary N) is 1. The van der Waals surface area contributed by atoms with Crippen LogP contribution >= 0.6 is 27.3 Å². The molecule has 3 rings (SSSR count). The monoisotopic (exact) mass is 436 g/mol. The van der Waals surface area contributed by atoms with Crippen molar-refractivity contribution in [3.05, 3.63) is 50.6 Å². The van der Waals surface area contributed by atoms with Gasteiger partial charge in [0.05, 0.1) is 13.5 Å². The van der Waals surface area contributed by atoms with Gasteiger partial charge in [-0.2, -0.15) is 0 Å². The predicted octanol–water partition coefficient (Wildman–Crippen LogP) is 3.48. The highest BCUT2D eigenvalue weighted by molar-refractivity contribution is 9.10. The molecule has 1 aliphatic rings. The van der Waals surface area contributed by atoms with E-state index in [1.807, 2.05) is 40.6 Å². The van der Waals surface area contributed by atoms with Gasteiger partial charge in [-0.05, 0) is 46.3 Å². The molecule has 138 valence electrons. The first-order valence-electron chi connectivity index (χ1n) is 8.52. The number of thiophene rings is 1. The average Bonchev–Trinajstić information content (AvgIpc) is 3.09. The molecule has 0 unspecified atom stereocenters. The minimum atomic E-state index is -0.0503. The third kappa shape index (κ3) is 4.45. The van der Waals surface area contributed by atoms with E-state index >= 15 is 0 Å². The molecule has 0 bridgehead atoms. The standard InChI is InChI=1S/C19H21BrN2O3S/c1-25-16-5-3-2-4-13(16)12-17(23)22-9-6-14(7-10-22)21-19(24)18-15(20)8-11-26-18/h2-5,8,11,14H,6-7,9-10,12H2,1H3,(H,21,24). The first kappa shape index (κ1) is 18.9. The fourth-order valence-corrected chi connectivity index (χ4v) is 4.56. The Bertz CT molecular complexity index is 785. The molecule has 1 N–H and O–H groups in total. The number of para-hydroxylation sites is 1. The number of piperidine rings is 1. The molecule has 1 aromatic heterocycles. The topological polar surface area (TPSA) is 58.6 Å². The summed E-state index contributed by atoms with van der Waals surface area (Å²) in [5, 5.41) is 4.96. The molecule has 1 aromatic carbocycles. The average molecular weight is 437 g/mol. The first-order valence-corrected chi connectivity index (χ1v) is 10.2. The molecule has 0 aliphatic carbocycles. The Morgan fingerprint density at radius 3 is 2.65 bits per heavy atom. The van der Waals surface area contributed by atoms with Crippen molar-refractivity contribution < 1.29 is 14.3 Å². The normalized spacial score (nSPS) is 14.9. The van der Waals surface area contributed by atoms with Crippen LogP contribution in [0.25, 0.3) is 0 Å². The van der Waals surface area contributed by atoms with Crippen LogP contribution in [0.4, 0.5) is 0 Å². The lowest BCUT2D eigenvalue weighted by molar-refractivity contribution is -0.131. The Balaban J connectivity index is 1.51. The van der Waals surface area contributed by atoms with Gasteiger partial charge < -0.3 is 15.0 Å². The maximum absolute atomic E-state index is 12.6. The second kappa shape index (κ2) is 8.68. The van der Waals surface area contributed by atoms with Gasteiger partial charge in [0, 0.05) is 29.2 Å². The van der Waals surface area contributed by atoms with Gasteiger partial charge in [-0.15, -0.1) is 11.3 Å². The third-order valence-corrected chi connectivity index (χ3v) is 6.38. The Morgan fingerprint density at radius 2 is 2.00 bits per heavy atom. The molecular weight excluding hydrogens is 416 g/mol. The Kier molecular flexibility index (Phi) is 6.32. The maximum atomic E-state index is 12.6. The molecule has 0 radical (unpaired) electrons. The summed E-state index contributed by atoms with van der Waals surface area (Å²) in [6, 6.07) is 9.57. The van der Waals surface area contributed by atoms with Crippen LogP contribution in [0.3, 0.4) is 0 Å². The van der Waals surface area contributed by atoms with Crippen LogP contribution in [0, 0.1) is 0 Å². The number of carbonyl (C=O) groups excluding carboxylic acids is 2. The summed E-state index contributed by atoms with van der Waals surface area (Å²) in [5.74, 6) is 0.787. The number of hydrogen-bond donors (Lipinski definition) is 1. The quantitative estimate of drug-likeness (QED) is 0.780. The maximum Gasteiger partial charge on any atom is 0.262 e. The molecule has 26 heavy (non-hydrogen) atoms. The van der Waals surface area contributed by atoms with Crippen molar-refractivity contribution in [2.45, 2.75) is 25.3 Å². The van der Waals surface area contributed by atoms with E-state index in [1.165, 1.54) is 11.3 Å².